The van der Waals surface area contributed by atoms with Crippen LogP contribution in [-0.4, -0.2) is 25.8 Å². The Morgan fingerprint density at radius 2 is 1.69 bits per heavy atom. The molecule has 0 aliphatic carbocycles. The Balaban J connectivity index is 1.78. The first-order chi connectivity index (χ1) is 12.7. The van der Waals surface area contributed by atoms with Crippen molar-refractivity contribution >= 4 is 12.1 Å². The number of nitrogens with one attached hydrogen (secondary N) is 1. The summed E-state index contributed by atoms with van der Waals surface area (Å²) in [4.78, 5) is 12.1. The smallest absolute Gasteiger partial charge is 0.271 e. The van der Waals surface area contributed by atoms with Gasteiger partial charge in [-0.05, 0) is 60.5 Å². The van der Waals surface area contributed by atoms with Crippen LogP contribution in [0.5, 0.6) is 11.5 Å². The van der Waals surface area contributed by atoms with Gasteiger partial charge in [0.1, 0.15) is 11.5 Å². The Kier molecular flexibility index (Phi) is 8.19. The molecule has 1 amide bonds. The SMILES string of the molecule is CCCCCCOc1ccc(C(=O)N/N=C/c2ccc(OC)cc2)cc1. The molecule has 0 heterocycles. The minimum Gasteiger partial charge on any atom is -0.497 e. The van der Waals surface area contributed by atoms with Crippen LogP contribution >= 0.6 is 0 Å². The summed E-state index contributed by atoms with van der Waals surface area (Å²) in [5, 5.41) is 3.98. The molecule has 2 aromatic rings. The van der Waals surface area contributed by atoms with Gasteiger partial charge in [-0.15, -0.1) is 0 Å². The molecule has 0 aromatic heterocycles. The fourth-order valence-electron chi connectivity index (χ4n) is 2.34. The Bertz CT molecular complexity index is 694. The van der Waals surface area contributed by atoms with E-state index in [0.29, 0.717) is 12.2 Å². The van der Waals surface area contributed by atoms with Crippen molar-refractivity contribution in [1.82, 2.24) is 5.43 Å². The number of hydrogen-bond acceptors (Lipinski definition) is 4. The largest absolute Gasteiger partial charge is 0.497 e. The van der Waals surface area contributed by atoms with E-state index in [1.165, 1.54) is 19.3 Å². The average Bonchev–Trinajstić information content (AvgIpc) is 2.69. The third-order valence-corrected chi connectivity index (χ3v) is 3.88. The second-order valence-corrected chi connectivity index (χ2v) is 5.91. The van der Waals surface area contributed by atoms with Crippen molar-refractivity contribution in [2.75, 3.05) is 13.7 Å². The van der Waals surface area contributed by atoms with Crippen molar-refractivity contribution < 1.29 is 14.3 Å². The third-order valence-electron chi connectivity index (χ3n) is 3.88. The molecule has 0 radical (unpaired) electrons. The molecule has 26 heavy (non-hydrogen) atoms. The molecule has 2 aromatic carbocycles. The molecule has 0 saturated heterocycles. The number of methoxy groups -OCH3 is 1. The first-order valence-corrected chi connectivity index (χ1v) is 8.93. The van der Waals surface area contributed by atoms with Gasteiger partial charge in [-0.1, -0.05) is 26.2 Å². The van der Waals surface area contributed by atoms with Crippen LogP contribution in [-0.2, 0) is 0 Å². The summed E-state index contributed by atoms with van der Waals surface area (Å²) in [6, 6.07) is 14.5. The van der Waals surface area contributed by atoms with Crippen molar-refractivity contribution in [2.24, 2.45) is 5.10 Å². The lowest BCUT2D eigenvalue weighted by atomic mass is 10.2. The fraction of sp³-hybridized carbons (Fsp3) is 0.333. The number of hydrazone groups is 1. The number of carbonyl (C=O) groups is 1. The lowest BCUT2D eigenvalue weighted by molar-refractivity contribution is 0.0955. The van der Waals surface area contributed by atoms with E-state index in [4.69, 9.17) is 9.47 Å². The number of amides is 1. The van der Waals surface area contributed by atoms with Crippen molar-refractivity contribution in [2.45, 2.75) is 32.6 Å². The second kappa shape index (κ2) is 10.9. The van der Waals surface area contributed by atoms with Crippen LogP contribution in [0.2, 0.25) is 0 Å². The predicted molar refractivity (Wildman–Crippen MR) is 104 cm³/mol. The average molecular weight is 354 g/mol. The normalized spacial score (nSPS) is 10.7. The van der Waals surface area contributed by atoms with Crippen LogP contribution in [0.15, 0.2) is 53.6 Å². The van der Waals surface area contributed by atoms with E-state index >= 15 is 0 Å². The summed E-state index contributed by atoms with van der Waals surface area (Å²) in [5.41, 5.74) is 3.93. The summed E-state index contributed by atoms with van der Waals surface area (Å²) >= 11 is 0. The lowest BCUT2D eigenvalue weighted by Gasteiger charge is -2.06. The highest BCUT2D eigenvalue weighted by molar-refractivity contribution is 5.95. The number of nitrogens with zero attached hydrogens (tertiary/aromatic N) is 1. The summed E-state index contributed by atoms with van der Waals surface area (Å²) in [6.45, 7) is 2.89. The van der Waals surface area contributed by atoms with Crippen LogP contribution in [0.4, 0.5) is 0 Å². The zero-order chi connectivity index (χ0) is 18.6. The Hall–Kier alpha value is -2.82. The first kappa shape index (κ1) is 19.5. The quantitative estimate of drug-likeness (QED) is 0.390. The van der Waals surface area contributed by atoms with Gasteiger partial charge in [0.2, 0.25) is 0 Å². The third kappa shape index (κ3) is 6.59. The molecule has 0 saturated carbocycles. The fourth-order valence-corrected chi connectivity index (χ4v) is 2.34. The van der Waals surface area contributed by atoms with Crippen LogP contribution in [0.1, 0.15) is 48.5 Å². The lowest BCUT2D eigenvalue weighted by Crippen LogP contribution is -2.17. The Morgan fingerprint density at radius 1 is 1.00 bits per heavy atom. The van der Waals surface area contributed by atoms with Crippen LogP contribution < -0.4 is 14.9 Å². The standard InChI is InChI=1S/C21H26N2O3/c1-3-4-5-6-15-26-20-13-9-18(10-14-20)21(24)23-22-16-17-7-11-19(25-2)12-8-17/h7-14,16H,3-6,15H2,1-2H3,(H,23,24)/b22-16+. The van der Waals surface area contributed by atoms with E-state index in [1.54, 1.807) is 25.5 Å². The highest BCUT2D eigenvalue weighted by atomic mass is 16.5. The topological polar surface area (TPSA) is 59.9 Å². The zero-order valence-corrected chi connectivity index (χ0v) is 15.4. The molecule has 0 spiro atoms. The number of ether oxygens (including phenoxy) is 2. The summed E-state index contributed by atoms with van der Waals surface area (Å²) in [7, 11) is 1.62. The molecular formula is C21H26N2O3. The molecule has 0 fully saturated rings. The predicted octanol–water partition coefficient (Wildman–Crippen LogP) is 4.42. The van der Waals surface area contributed by atoms with Gasteiger partial charge in [-0.2, -0.15) is 5.10 Å². The molecular weight excluding hydrogens is 328 g/mol. The van der Waals surface area contributed by atoms with Gasteiger partial charge in [0.15, 0.2) is 0 Å². The molecule has 5 heteroatoms. The van der Waals surface area contributed by atoms with Crippen molar-refractivity contribution in [3.8, 4) is 11.5 Å². The van der Waals surface area contributed by atoms with Crippen LogP contribution in [0.25, 0.3) is 0 Å². The van der Waals surface area contributed by atoms with Crippen molar-refractivity contribution in [3.05, 3.63) is 59.7 Å². The van der Waals surface area contributed by atoms with E-state index in [-0.39, 0.29) is 5.91 Å². The van der Waals surface area contributed by atoms with Gasteiger partial charge < -0.3 is 9.47 Å². The molecule has 0 aliphatic heterocycles. The Labute approximate surface area is 155 Å². The summed E-state index contributed by atoms with van der Waals surface area (Å²) < 4.78 is 10.8. The molecule has 5 nitrogen and oxygen atoms in total. The second-order valence-electron chi connectivity index (χ2n) is 5.91. The van der Waals surface area contributed by atoms with Crippen molar-refractivity contribution in [3.63, 3.8) is 0 Å². The molecule has 0 aliphatic rings. The van der Waals surface area contributed by atoms with Gasteiger partial charge in [0, 0.05) is 5.56 Å². The number of hydrogen-bond donors (Lipinski definition) is 1. The zero-order valence-electron chi connectivity index (χ0n) is 15.4. The van der Waals surface area contributed by atoms with E-state index < -0.39 is 0 Å². The van der Waals surface area contributed by atoms with Gasteiger partial charge in [-0.3, -0.25) is 4.79 Å². The first-order valence-electron chi connectivity index (χ1n) is 8.93. The van der Waals surface area contributed by atoms with Crippen molar-refractivity contribution in [1.29, 1.82) is 0 Å². The van der Waals surface area contributed by atoms with Gasteiger partial charge in [-0.25, -0.2) is 5.43 Å². The molecule has 0 unspecified atom stereocenters. The minimum atomic E-state index is -0.260. The van der Waals surface area contributed by atoms with E-state index in [1.807, 2.05) is 36.4 Å². The van der Waals surface area contributed by atoms with Gasteiger partial charge in [0.25, 0.3) is 5.91 Å². The monoisotopic (exact) mass is 354 g/mol. The molecule has 0 atom stereocenters. The highest BCUT2D eigenvalue weighted by Crippen LogP contribution is 2.13. The van der Waals surface area contributed by atoms with Crippen LogP contribution in [0, 0.1) is 0 Å². The molecule has 2 rings (SSSR count). The van der Waals surface area contributed by atoms with E-state index in [9.17, 15) is 4.79 Å². The molecule has 138 valence electrons. The number of unbranched alkanes of at least 4 members (excludes halogenated alkanes) is 3. The molecule has 0 bridgehead atoms. The van der Waals surface area contributed by atoms with Crippen LogP contribution in [0.3, 0.4) is 0 Å². The number of rotatable bonds is 10. The van der Waals surface area contributed by atoms with E-state index in [0.717, 1.165) is 23.5 Å². The summed E-state index contributed by atoms with van der Waals surface area (Å²) in [5.74, 6) is 1.29. The maximum absolute atomic E-state index is 12.1. The maximum Gasteiger partial charge on any atom is 0.271 e. The van der Waals surface area contributed by atoms with Gasteiger partial charge in [0.05, 0.1) is 19.9 Å². The highest BCUT2D eigenvalue weighted by Gasteiger charge is 2.04. The van der Waals surface area contributed by atoms with E-state index in [2.05, 4.69) is 17.5 Å². The Morgan fingerprint density at radius 3 is 2.35 bits per heavy atom. The summed E-state index contributed by atoms with van der Waals surface area (Å²) in [6.07, 6.45) is 6.27. The number of benzene rings is 2. The minimum absolute atomic E-state index is 0.260. The molecule has 1 N–H and O–H groups in total. The maximum atomic E-state index is 12.1. The van der Waals surface area contributed by atoms with Gasteiger partial charge >= 0.3 is 0 Å². The number of carbonyl (C=O) groups excluding carboxylic acids is 1.